The van der Waals surface area contributed by atoms with Crippen molar-refractivity contribution in [1.82, 2.24) is 24.9 Å². The average molecular weight is 576 g/mol. The fourth-order valence-corrected chi connectivity index (χ4v) is 4.34. The molecule has 11 nitrogen and oxygen atoms in total. The van der Waals surface area contributed by atoms with E-state index in [0.29, 0.717) is 27.7 Å². The molecule has 5 rings (SSSR count). The van der Waals surface area contributed by atoms with Gasteiger partial charge in [0, 0.05) is 22.2 Å². The maximum atomic E-state index is 15.1. The number of fused-ring (bicyclic) bond motifs is 2. The normalized spacial score (nSPS) is 12.6. The molecule has 218 valence electrons. The van der Waals surface area contributed by atoms with Gasteiger partial charge >= 0.3 is 12.1 Å². The van der Waals surface area contributed by atoms with E-state index in [-0.39, 0.29) is 24.8 Å². The summed E-state index contributed by atoms with van der Waals surface area (Å²) in [7, 11) is 0. The molecule has 2 atom stereocenters. The number of nitrogens with one attached hydrogen (secondary N) is 2. The Kier molecular flexibility index (Phi) is 8.23. The Morgan fingerprint density at radius 2 is 1.88 bits per heavy atom. The molecule has 12 heteroatoms. The predicted octanol–water partition coefficient (Wildman–Crippen LogP) is 5.38. The molecule has 0 bridgehead atoms. The first kappa shape index (κ1) is 28.4. The first-order valence-corrected chi connectivity index (χ1v) is 13.3. The molecule has 0 aliphatic heterocycles. The van der Waals surface area contributed by atoms with Gasteiger partial charge in [0.2, 0.25) is 5.88 Å². The van der Waals surface area contributed by atoms with Crippen molar-refractivity contribution in [2.45, 2.75) is 46.4 Å². The van der Waals surface area contributed by atoms with Crippen molar-refractivity contribution in [2.75, 3.05) is 6.61 Å². The van der Waals surface area contributed by atoms with Crippen molar-refractivity contribution < 1.29 is 32.9 Å². The number of ether oxygens (including phenoxy) is 4. The molecule has 2 aromatic carbocycles. The van der Waals surface area contributed by atoms with Crippen LogP contribution in [0, 0.1) is 19.7 Å². The van der Waals surface area contributed by atoms with Crippen LogP contribution in [0.25, 0.3) is 16.4 Å². The Hall–Kier alpha value is -5.13. The van der Waals surface area contributed by atoms with E-state index in [4.69, 9.17) is 18.9 Å². The van der Waals surface area contributed by atoms with Gasteiger partial charge in [-0.05, 0) is 51.5 Å². The summed E-state index contributed by atoms with van der Waals surface area (Å²) in [5.41, 5.74) is 3.48. The number of hydrogen-bond donors (Lipinski definition) is 2. The van der Waals surface area contributed by atoms with Crippen molar-refractivity contribution in [2.24, 2.45) is 0 Å². The van der Waals surface area contributed by atoms with Crippen molar-refractivity contribution in [1.29, 1.82) is 0 Å². The molecule has 0 radical (unpaired) electrons. The minimum Gasteiger partial charge on any atom is -0.488 e. The summed E-state index contributed by atoms with van der Waals surface area (Å²) < 4.78 is 39.0. The van der Waals surface area contributed by atoms with Crippen LogP contribution in [-0.4, -0.2) is 50.4 Å². The van der Waals surface area contributed by atoms with E-state index >= 15 is 4.39 Å². The van der Waals surface area contributed by atoms with Gasteiger partial charge in [-0.15, -0.1) is 0 Å². The first-order valence-electron chi connectivity index (χ1n) is 13.3. The summed E-state index contributed by atoms with van der Waals surface area (Å²) in [4.78, 5) is 31.9. The summed E-state index contributed by atoms with van der Waals surface area (Å²) >= 11 is 0. The van der Waals surface area contributed by atoms with E-state index in [1.54, 1.807) is 32.2 Å². The summed E-state index contributed by atoms with van der Waals surface area (Å²) in [6.45, 7) is 6.92. The molecule has 3 heterocycles. The Morgan fingerprint density at radius 1 is 1.10 bits per heavy atom. The van der Waals surface area contributed by atoms with Crippen molar-refractivity contribution in [3.8, 4) is 17.4 Å². The molecule has 0 saturated carbocycles. The van der Waals surface area contributed by atoms with Crippen LogP contribution >= 0.6 is 0 Å². The van der Waals surface area contributed by atoms with Crippen LogP contribution in [-0.2, 0) is 20.9 Å². The SMILES string of the molecule is Cc1cc2c(F)c(Oc3ncnn4cc(OC[C@@H](C)OC(=O)[C@H](C)NC(=O)OCc5ccccc5)c(C)c34)ccc2[nH]1. The maximum absolute atomic E-state index is 15.1. The molecular formula is C30H30FN5O6. The van der Waals surface area contributed by atoms with Gasteiger partial charge in [0.05, 0.1) is 6.20 Å². The number of aryl methyl sites for hydroxylation is 2. The lowest BCUT2D eigenvalue weighted by atomic mass is 10.2. The highest BCUT2D eigenvalue weighted by Gasteiger charge is 2.22. The van der Waals surface area contributed by atoms with E-state index < -0.39 is 30.0 Å². The van der Waals surface area contributed by atoms with Gasteiger partial charge in [-0.1, -0.05) is 30.3 Å². The highest BCUT2D eigenvalue weighted by molar-refractivity contribution is 5.83. The molecule has 0 unspecified atom stereocenters. The zero-order valence-electron chi connectivity index (χ0n) is 23.5. The molecule has 0 fully saturated rings. The maximum Gasteiger partial charge on any atom is 0.408 e. The number of amides is 1. The highest BCUT2D eigenvalue weighted by Crippen LogP contribution is 2.34. The molecule has 3 aromatic heterocycles. The number of benzene rings is 2. The van der Waals surface area contributed by atoms with E-state index in [1.807, 2.05) is 37.3 Å². The third-order valence-corrected chi connectivity index (χ3v) is 6.48. The molecule has 0 aliphatic rings. The molecule has 5 aromatic rings. The van der Waals surface area contributed by atoms with E-state index in [0.717, 1.165) is 11.3 Å². The second kappa shape index (κ2) is 12.2. The zero-order chi connectivity index (χ0) is 29.8. The third kappa shape index (κ3) is 6.27. The van der Waals surface area contributed by atoms with E-state index in [1.165, 1.54) is 23.8 Å². The molecule has 0 saturated heterocycles. The van der Waals surface area contributed by atoms with Crippen molar-refractivity contribution >= 4 is 28.5 Å². The quantitative estimate of drug-likeness (QED) is 0.212. The lowest BCUT2D eigenvalue weighted by molar-refractivity contribution is -0.151. The summed E-state index contributed by atoms with van der Waals surface area (Å²) in [5, 5.41) is 7.09. The second-order valence-corrected chi connectivity index (χ2v) is 9.86. The van der Waals surface area contributed by atoms with Gasteiger partial charge in [-0.2, -0.15) is 10.1 Å². The number of H-pyrrole nitrogens is 1. The van der Waals surface area contributed by atoms with Crippen LogP contribution < -0.4 is 14.8 Å². The first-order chi connectivity index (χ1) is 20.2. The van der Waals surface area contributed by atoms with E-state index in [9.17, 15) is 9.59 Å². The van der Waals surface area contributed by atoms with Crippen LogP contribution in [0.15, 0.2) is 61.1 Å². The number of rotatable bonds is 10. The number of carbonyl (C=O) groups excluding carboxylic acids is 2. The second-order valence-electron chi connectivity index (χ2n) is 9.86. The minimum atomic E-state index is -0.931. The number of carbonyl (C=O) groups is 2. The number of hydrogen-bond acceptors (Lipinski definition) is 8. The number of esters is 1. The van der Waals surface area contributed by atoms with Gasteiger partial charge in [0.1, 0.15) is 43.0 Å². The summed E-state index contributed by atoms with van der Waals surface area (Å²) in [5.74, 6) is -0.507. The summed E-state index contributed by atoms with van der Waals surface area (Å²) in [6, 6.07) is 13.3. The number of alkyl carbamates (subject to hydrolysis) is 1. The van der Waals surface area contributed by atoms with Crippen molar-refractivity contribution in [3.63, 3.8) is 0 Å². The molecule has 1 amide bonds. The Balaban J connectivity index is 1.18. The average Bonchev–Trinajstić information content (AvgIpc) is 3.52. The van der Waals surface area contributed by atoms with Crippen LogP contribution in [0.4, 0.5) is 9.18 Å². The van der Waals surface area contributed by atoms with Crippen molar-refractivity contribution in [3.05, 3.63) is 83.7 Å². The van der Waals surface area contributed by atoms with Gasteiger partial charge < -0.3 is 29.2 Å². The lowest BCUT2D eigenvalue weighted by Crippen LogP contribution is -2.41. The van der Waals surface area contributed by atoms with Gasteiger partial charge in [-0.25, -0.2) is 18.5 Å². The summed E-state index contributed by atoms with van der Waals surface area (Å²) in [6.07, 6.45) is 1.56. The highest BCUT2D eigenvalue weighted by atomic mass is 19.1. The number of nitrogens with zero attached hydrogens (tertiary/aromatic N) is 3. The smallest absolute Gasteiger partial charge is 0.408 e. The number of aromatic nitrogens is 4. The molecular weight excluding hydrogens is 545 g/mol. The van der Waals surface area contributed by atoms with Crippen LogP contribution in [0.3, 0.4) is 0 Å². The Morgan fingerprint density at radius 3 is 2.67 bits per heavy atom. The molecule has 0 aliphatic carbocycles. The van der Waals surface area contributed by atoms with Crippen LogP contribution in [0.1, 0.15) is 30.7 Å². The Bertz CT molecular complexity index is 1730. The number of aromatic amines is 1. The monoisotopic (exact) mass is 575 g/mol. The molecule has 2 N–H and O–H groups in total. The fourth-order valence-electron chi connectivity index (χ4n) is 4.34. The van der Waals surface area contributed by atoms with Gasteiger partial charge in [-0.3, -0.25) is 0 Å². The molecule has 0 spiro atoms. The topological polar surface area (TPSA) is 129 Å². The molecule has 42 heavy (non-hydrogen) atoms. The van der Waals surface area contributed by atoms with E-state index in [2.05, 4.69) is 20.4 Å². The van der Waals surface area contributed by atoms with Crippen LogP contribution in [0.2, 0.25) is 0 Å². The third-order valence-electron chi connectivity index (χ3n) is 6.48. The van der Waals surface area contributed by atoms with Gasteiger partial charge in [0.15, 0.2) is 11.6 Å². The zero-order valence-corrected chi connectivity index (χ0v) is 23.5. The lowest BCUT2D eigenvalue weighted by Gasteiger charge is -2.18. The predicted molar refractivity (Wildman–Crippen MR) is 151 cm³/mol. The largest absolute Gasteiger partial charge is 0.488 e. The fraction of sp³-hybridized carbons (Fsp3) is 0.267. The number of halogens is 1. The van der Waals surface area contributed by atoms with Crippen LogP contribution in [0.5, 0.6) is 17.4 Å². The van der Waals surface area contributed by atoms with Gasteiger partial charge in [0.25, 0.3) is 0 Å². The minimum absolute atomic E-state index is 0.0242. The Labute approximate surface area is 240 Å². The standard InChI is InChI=1S/C30H30FN5O6/c1-17-12-22-23(34-17)10-11-24(26(22)31)42-28-27-19(3)25(13-36(27)33-16-32-28)39-14-18(2)41-29(37)20(4)35-30(38)40-15-21-8-6-5-7-9-21/h5-13,16,18,20,34H,14-15H2,1-4H3,(H,35,38)/t18-,20+/m1/s1.